The summed E-state index contributed by atoms with van der Waals surface area (Å²) in [5.41, 5.74) is 8.93. The highest BCUT2D eigenvalue weighted by atomic mass is 28.3. The second kappa shape index (κ2) is 8.21. The van der Waals surface area contributed by atoms with Gasteiger partial charge in [0.25, 0.3) is 0 Å². The van der Waals surface area contributed by atoms with Gasteiger partial charge in [-0.2, -0.15) is 0 Å². The first kappa shape index (κ1) is 20.4. The summed E-state index contributed by atoms with van der Waals surface area (Å²) in [5, 5.41) is 2.90. The Hall–Kier alpha value is -3.49. The van der Waals surface area contributed by atoms with Gasteiger partial charge in [0.1, 0.15) is 8.07 Å². The van der Waals surface area contributed by atoms with Gasteiger partial charge in [0.05, 0.1) is 5.69 Å². The van der Waals surface area contributed by atoms with E-state index in [1.54, 1.807) is 0 Å². The topological polar surface area (TPSA) is 12.9 Å². The van der Waals surface area contributed by atoms with Crippen LogP contribution in [0.15, 0.2) is 109 Å². The lowest BCUT2D eigenvalue weighted by molar-refractivity contribution is 1.29. The van der Waals surface area contributed by atoms with Crippen LogP contribution in [-0.4, -0.2) is 13.1 Å². The molecule has 0 bridgehead atoms. The Morgan fingerprint density at radius 3 is 1.59 bits per heavy atom. The molecule has 0 unspecified atom stereocenters. The van der Waals surface area contributed by atoms with Gasteiger partial charge in [-0.1, -0.05) is 110 Å². The molecule has 2 heteroatoms. The van der Waals surface area contributed by atoms with Gasteiger partial charge in [-0.05, 0) is 57.3 Å². The van der Waals surface area contributed by atoms with E-state index in [0.717, 1.165) is 5.69 Å². The van der Waals surface area contributed by atoms with Gasteiger partial charge >= 0.3 is 0 Å². The molecule has 0 N–H and O–H groups in total. The number of hydrogen-bond acceptors (Lipinski definition) is 1. The fourth-order valence-electron chi connectivity index (χ4n) is 4.97. The normalized spacial score (nSPS) is 15.3. The van der Waals surface area contributed by atoms with Crippen molar-refractivity contribution in [2.24, 2.45) is 0 Å². The zero-order valence-corrected chi connectivity index (χ0v) is 19.8. The highest BCUT2D eigenvalue weighted by molar-refractivity contribution is 7.13. The van der Waals surface area contributed by atoms with Crippen LogP contribution in [0.1, 0.15) is 27.9 Å². The molecule has 0 saturated carbocycles. The molecule has 2 heterocycles. The number of benzene rings is 3. The summed E-state index contributed by atoms with van der Waals surface area (Å²) in [6.07, 6.45) is 1.92. The highest BCUT2D eigenvalue weighted by Crippen LogP contribution is 2.55. The molecular formula is C30H27NSi. The van der Waals surface area contributed by atoms with Gasteiger partial charge in [-0.25, -0.2) is 0 Å². The van der Waals surface area contributed by atoms with Crippen molar-refractivity contribution in [2.75, 3.05) is 0 Å². The predicted octanol–water partition coefficient (Wildman–Crippen LogP) is 7.71. The average molecular weight is 430 g/mol. The second-order valence-electron chi connectivity index (χ2n) is 8.94. The molecule has 0 amide bonds. The molecule has 0 spiro atoms. The number of rotatable bonds is 4. The van der Waals surface area contributed by atoms with Crippen LogP contribution in [0.2, 0.25) is 13.1 Å². The van der Waals surface area contributed by atoms with Crippen LogP contribution in [0.3, 0.4) is 0 Å². The van der Waals surface area contributed by atoms with Gasteiger partial charge in [-0.3, -0.25) is 4.98 Å². The molecule has 0 fully saturated rings. The number of nitrogens with zero attached hydrogens (tertiary/aromatic N) is 1. The van der Waals surface area contributed by atoms with Crippen molar-refractivity contribution < 1.29 is 0 Å². The lowest BCUT2D eigenvalue weighted by Gasteiger charge is -2.26. The fraction of sp³-hybridized carbons (Fsp3) is 0.100. The van der Waals surface area contributed by atoms with Crippen LogP contribution in [0.4, 0.5) is 0 Å². The van der Waals surface area contributed by atoms with E-state index >= 15 is 0 Å². The van der Waals surface area contributed by atoms with E-state index in [-0.39, 0.29) is 0 Å². The summed E-state index contributed by atoms with van der Waals surface area (Å²) >= 11 is 0. The number of allylic oxidation sites excluding steroid dienone is 2. The van der Waals surface area contributed by atoms with E-state index < -0.39 is 8.07 Å². The smallest absolute Gasteiger partial charge is 0.117 e. The van der Waals surface area contributed by atoms with Crippen LogP contribution in [0.25, 0.3) is 21.5 Å². The average Bonchev–Trinajstić information content (AvgIpc) is 3.08. The molecule has 32 heavy (non-hydrogen) atoms. The van der Waals surface area contributed by atoms with Crippen LogP contribution >= 0.6 is 0 Å². The molecule has 0 aliphatic carbocycles. The molecule has 156 valence electrons. The summed E-state index contributed by atoms with van der Waals surface area (Å²) in [6, 6.07) is 37.1. The summed E-state index contributed by atoms with van der Waals surface area (Å²) in [6.45, 7) is 7.11. The first-order chi connectivity index (χ1) is 15.6. The van der Waals surface area contributed by atoms with Gasteiger partial charge in [0, 0.05) is 6.20 Å². The zero-order valence-electron chi connectivity index (χ0n) is 18.8. The molecule has 4 aromatic rings. The zero-order chi connectivity index (χ0) is 22.1. The summed E-state index contributed by atoms with van der Waals surface area (Å²) in [4.78, 5) is 4.85. The van der Waals surface area contributed by atoms with Crippen molar-refractivity contribution in [3.63, 3.8) is 0 Å². The standard InChI is InChI=1S/C30H27NSi/c1-22-17-19-25(20-18-22)29-27(23-12-6-4-7-13-23)28(24-14-8-5-9-15-24)30(32(29,2)3)26-16-10-11-21-31-26/h4-21H,1-3H3. The molecule has 0 radical (unpaired) electrons. The van der Waals surface area contributed by atoms with Gasteiger partial charge in [0.15, 0.2) is 0 Å². The Kier molecular flexibility index (Phi) is 5.24. The number of pyridine rings is 1. The van der Waals surface area contributed by atoms with Crippen molar-refractivity contribution in [2.45, 2.75) is 20.0 Å². The summed E-state index contributed by atoms with van der Waals surface area (Å²) in [7, 11) is -2.09. The Morgan fingerprint density at radius 1 is 0.531 bits per heavy atom. The molecule has 5 rings (SSSR count). The number of aryl methyl sites for hydroxylation is 1. The van der Waals surface area contributed by atoms with E-state index in [9.17, 15) is 0 Å². The van der Waals surface area contributed by atoms with E-state index in [4.69, 9.17) is 4.98 Å². The minimum atomic E-state index is -2.09. The predicted molar refractivity (Wildman–Crippen MR) is 139 cm³/mol. The molecule has 0 saturated heterocycles. The number of aromatic nitrogens is 1. The van der Waals surface area contributed by atoms with Crippen molar-refractivity contribution in [3.05, 3.63) is 137 Å². The fourth-order valence-corrected chi connectivity index (χ4v) is 8.69. The minimum Gasteiger partial charge on any atom is -0.257 e. The van der Waals surface area contributed by atoms with Gasteiger partial charge in [0.2, 0.25) is 0 Å². The molecular weight excluding hydrogens is 402 g/mol. The Labute approximate surface area is 191 Å². The van der Waals surface area contributed by atoms with Gasteiger partial charge in [-0.15, -0.1) is 0 Å². The molecule has 1 nitrogen and oxygen atoms in total. The largest absolute Gasteiger partial charge is 0.257 e. The van der Waals surface area contributed by atoms with Crippen molar-refractivity contribution in [1.82, 2.24) is 4.98 Å². The first-order valence-electron chi connectivity index (χ1n) is 11.2. The lowest BCUT2D eigenvalue weighted by Crippen LogP contribution is -2.29. The molecule has 3 aromatic carbocycles. The summed E-state index contributed by atoms with van der Waals surface area (Å²) in [5.74, 6) is 0. The third-order valence-electron chi connectivity index (χ3n) is 6.39. The van der Waals surface area contributed by atoms with Crippen molar-refractivity contribution in [3.8, 4) is 0 Å². The highest BCUT2D eigenvalue weighted by Gasteiger charge is 2.44. The SMILES string of the molecule is Cc1ccc(C2=C(c3ccccc3)C(c3ccccc3)=C(c3ccccn3)[Si]2(C)C)cc1. The lowest BCUT2D eigenvalue weighted by atomic mass is 9.90. The van der Waals surface area contributed by atoms with Crippen molar-refractivity contribution in [1.29, 1.82) is 0 Å². The minimum absolute atomic E-state index is 1.10. The Balaban J connectivity index is 1.91. The maximum Gasteiger partial charge on any atom is 0.117 e. The first-order valence-corrected chi connectivity index (χ1v) is 14.2. The quantitative estimate of drug-likeness (QED) is 0.303. The summed E-state index contributed by atoms with van der Waals surface area (Å²) < 4.78 is 0. The third kappa shape index (κ3) is 3.47. The molecule has 0 atom stereocenters. The van der Waals surface area contributed by atoms with Crippen LogP contribution in [0.5, 0.6) is 0 Å². The van der Waals surface area contributed by atoms with Crippen molar-refractivity contribution >= 4 is 29.6 Å². The van der Waals surface area contributed by atoms with Crippen LogP contribution in [-0.2, 0) is 0 Å². The molecule has 1 aliphatic rings. The van der Waals surface area contributed by atoms with Crippen LogP contribution < -0.4 is 0 Å². The van der Waals surface area contributed by atoms with E-state index in [0.29, 0.717) is 0 Å². The van der Waals surface area contributed by atoms with E-state index in [1.165, 1.54) is 43.8 Å². The molecule has 1 aliphatic heterocycles. The Morgan fingerprint density at radius 2 is 1.06 bits per heavy atom. The number of hydrogen-bond donors (Lipinski definition) is 0. The van der Waals surface area contributed by atoms with Gasteiger partial charge < -0.3 is 0 Å². The maximum absolute atomic E-state index is 4.85. The van der Waals surface area contributed by atoms with E-state index in [2.05, 4.69) is 117 Å². The Bertz CT molecular complexity index is 1300. The third-order valence-corrected chi connectivity index (χ3v) is 9.93. The van der Waals surface area contributed by atoms with E-state index in [1.807, 2.05) is 12.3 Å². The monoisotopic (exact) mass is 429 g/mol. The second-order valence-corrected chi connectivity index (χ2v) is 13.2. The maximum atomic E-state index is 4.85. The van der Waals surface area contributed by atoms with Crippen LogP contribution in [0, 0.1) is 6.92 Å². The molecule has 1 aromatic heterocycles.